The quantitative estimate of drug-likeness (QED) is 0.307. The molecule has 3 aromatic rings. The first kappa shape index (κ1) is 23.9. The van der Waals surface area contributed by atoms with Crippen molar-refractivity contribution in [3.63, 3.8) is 0 Å². The maximum Gasteiger partial charge on any atom is 0.142 e. The fraction of sp³-hybridized carbons (Fsp3) is 0.308. The highest BCUT2D eigenvalue weighted by Crippen LogP contribution is 2.34. The summed E-state index contributed by atoms with van der Waals surface area (Å²) in [7, 11) is 0. The van der Waals surface area contributed by atoms with Crippen LogP contribution < -0.4 is 10.5 Å². The van der Waals surface area contributed by atoms with Crippen LogP contribution in [0, 0.1) is 11.3 Å². The SMILES string of the molecule is CCCCCCCCOc1ccc(-c2cc(-c3ccc(Cl)c(Cl)c3)nc(N)c2C#N)cc1. The van der Waals surface area contributed by atoms with Gasteiger partial charge in [0.15, 0.2) is 0 Å². The zero-order valence-corrected chi connectivity index (χ0v) is 19.7. The van der Waals surface area contributed by atoms with Crippen molar-refractivity contribution in [1.82, 2.24) is 4.98 Å². The molecule has 2 N–H and O–H groups in total. The Morgan fingerprint density at radius 3 is 2.28 bits per heavy atom. The third-order valence-electron chi connectivity index (χ3n) is 5.31. The molecule has 0 spiro atoms. The summed E-state index contributed by atoms with van der Waals surface area (Å²) < 4.78 is 5.87. The van der Waals surface area contributed by atoms with Crippen molar-refractivity contribution in [1.29, 1.82) is 5.26 Å². The van der Waals surface area contributed by atoms with E-state index in [2.05, 4.69) is 18.0 Å². The third-order valence-corrected chi connectivity index (χ3v) is 6.05. The second-order valence-electron chi connectivity index (χ2n) is 7.70. The monoisotopic (exact) mass is 467 g/mol. The number of nitrogens with two attached hydrogens (primary N) is 1. The normalized spacial score (nSPS) is 10.7. The predicted octanol–water partition coefficient (Wildman–Crippen LogP) is 7.92. The van der Waals surface area contributed by atoms with E-state index >= 15 is 0 Å². The summed E-state index contributed by atoms with van der Waals surface area (Å²) in [5.41, 5.74) is 9.43. The van der Waals surface area contributed by atoms with Crippen LogP contribution in [0.1, 0.15) is 51.0 Å². The van der Waals surface area contributed by atoms with Crippen LogP contribution in [-0.2, 0) is 0 Å². The number of rotatable bonds is 10. The van der Waals surface area contributed by atoms with Gasteiger partial charge in [-0.15, -0.1) is 0 Å². The minimum absolute atomic E-state index is 0.175. The molecule has 0 fully saturated rings. The summed E-state index contributed by atoms with van der Waals surface area (Å²) in [5.74, 6) is 0.988. The number of nitrogen functional groups attached to an aromatic ring is 1. The maximum absolute atomic E-state index is 9.64. The highest BCUT2D eigenvalue weighted by atomic mass is 35.5. The lowest BCUT2D eigenvalue weighted by molar-refractivity contribution is 0.304. The van der Waals surface area contributed by atoms with E-state index in [0.717, 1.165) is 23.3 Å². The summed E-state index contributed by atoms with van der Waals surface area (Å²) in [4.78, 5) is 4.39. The molecule has 2 aromatic carbocycles. The van der Waals surface area contributed by atoms with Crippen molar-refractivity contribution < 1.29 is 4.74 Å². The molecule has 3 rings (SSSR count). The zero-order chi connectivity index (χ0) is 22.9. The average Bonchev–Trinajstić information content (AvgIpc) is 2.80. The Kier molecular flexibility index (Phi) is 8.79. The molecule has 0 saturated carbocycles. The molecule has 32 heavy (non-hydrogen) atoms. The molecule has 6 heteroatoms. The minimum atomic E-state index is 0.175. The van der Waals surface area contributed by atoms with Crippen LogP contribution in [0.4, 0.5) is 5.82 Å². The van der Waals surface area contributed by atoms with Crippen LogP contribution in [0.15, 0.2) is 48.5 Å². The number of aromatic nitrogens is 1. The highest BCUT2D eigenvalue weighted by molar-refractivity contribution is 6.42. The van der Waals surface area contributed by atoms with Crippen LogP contribution >= 0.6 is 23.2 Å². The molecule has 0 saturated heterocycles. The number of nitriles is 1. The Morgan fingerprint density at radius 2 is 1.59 bits per heavy atom. The maximum atomic E-state index is 9.64. The van der Waals surface area contributed by atoms with Crippen LogP contribution in [0.25, 0.3) is 22.4 Å². The van der Waals surface area contributed by atoms with Crippen molar-refractivity contribution in [2.45, 2.75) is 45.4 Å². The molecular formula is C26H27Cl2N3O. The molecule has 0 atom stereocenters. The molecule has 1 aromatic heterocycles. The molecule has 0 aliphatic carbocycles. The lowest BCUT2D eigenvalue weighted by atomic mass is 9.98. The van der Waals surface area contributed by atoms with Gasteiger partial charge < -0.3 is 10.5 Å². The van der Waals surface area contributed by atoms with E-state index in [0.29, 0.717) is 33.5 Å². The molecule has 0 amide bonds. The summed E-state index contributed by atoms with van der Waals surface area (Å²) in [6.45, 7) is 2.93. The van der Waals surface area contributed by atoms with E-state index in [4.69, 9.17) is 33.7 Å². The number of benzene rings is 2. The third kappa shape index (κ3) is 6.16. The van der Waals surface area contributed by atoms with Gasteiger partial charge in [-0.25, -0.2) is 4.98 Å². The second kappa shape index (κ2) is 11.8. The van der Waals surface area contributed by atoms with Gasteiger partial charge in [-0.2, -0.15) is 5.26 Å². The topological polar surface area (TPSA) is 71.9 Å². The van der Waals surface area contributed by atoms with Gasteiger partial charge in [0.1, 0.15) is 23.2 Å². The lowest BCUT2D eigenvalue weighted by Gasteiger charge is -2.12. The number of unbranched alkanes of at least 4 members (excludes halogenated alkanes) is 5. The first-order valence-electron chi connectivity index (χ1n) is 10.9. The smallest absolute Gasteiger partial charge is 0.142 e. The molecule has 4 nitrogen and oxygen atoms in total. The number of ether oxygens (including phenoxy) is 1. The molecular weight excluding hydrogens is 441 g/mol. The molecule has 1 heterocycles. The molecule has 0 aliphatic heterocycles. The van der Waals surface area contributed by atoms with Crippen molar-refractivity contribution in [3.8, 4) is 34.2 Å². The van der Waals surface area contributed by atoms with E-state index in [9.17, 15) is 5.26 Å². The average molecular weight is 468 g/mol. The Labute approximate surface area is 200 Å². The van der Waals surface area contributed by atoms with E-state index in [-0.39, 0.29) is 5.82 Å². The molecule has 0 radical (unpaired) electrons. The molecule has 0 unspecified atom stereocenters. The van der Waals surface area contributed by atoms with Crippen molar-refractivity contribution in [2.24, 2.45) is 0 Å². The van der Waals surface area contributed by atoms with Crippen molar-refractivity contribution in [3.05, 3.63) is 64.1 Å². The van der Waals surface area contributed by atoms with E-state index in [1.165, 1.54) is 32.1 Å². The minimum Gasteiger partial charge on any atom is -0.494 e. The molecule has 0 bridgehead atoms. The summed E-state index contributed by atoms with van der Waals surface area (Å²) in [6.07, 6.45) is 7.37. The highest BCUT2D eigenvalue weighted by Gasteiger charge is 2.14. The Bertz CT molecular complexity index is 1090. The van der Waals surface area contributed by atoms with E-state index in [1.54, 1.807) is 12.1 Å². The number of anilines is 1. The number of nitrogens with zero attached hydrogens (tertiary/aromatic N) is 2. The second-order valence-corrected chi connectivity index (χ2v) is 8.51. The van der Waals surface area contributed by atoms with Gasteiger partial charge in [-0.3, -0.25) is 0 Å². The summed E-state index contributed by atoms with van der Waals surface area (Å²) in [5, 5.41) is 10.5. The van der Waals surface area contributed by atoms with Gasteiger partial charge >= 0.3 is 0 Å². The standard InChI is InChI=1S/C26H27Cl2N3O/c1-2-3-4-5-6-7-14-32-20-11-8-18(9-12-20)21-16-25(31-26(30)22(21)17-29)19-10-13-23(27)24(28)15-19/h8-13,15-16H,2-7,14H2,1H3,(H2,30,31). The Morgan fingerprint density at radius 1 is 0.906 bits per heavy atom. The summed E-state index contributed by atoms with van der Waals surface area (Å²) >= 11 is 12.2. The Balaban J connectivity index is 1.76. The first-order valence-corrected chi connectivity index (χ1v) is 11.7. The van der Waals surface area contributed by atoms with Crippen LogP contribution in [0.5, 0.6) is 5.75 Å². The van der Waals surface area contributed by atoms with Gasteiger partial charge in [-0.1, -0.05) is 80.4 Å². The van der Waals surface area contributed by atoms with Crippen molar-refractivity contribution >= 4 is 29.0 Å². The Hall–Kier alpha value is -2.74. The van der Waals surface area contributed by atoms with Gasteiger partial charge in [0, 0.05) is 11.1 Å². The first-order chi connectivity index (χ1) is 15.5. The van der Waals surface area contributed by atoms with Gasteiger partial charge in [0.25, 0.3) is 0 Å². The van der Waals surface area contributed by atoms with Crippen LogP contribution in [0.3, 0.4) is 0 Å². The lowest BCUT2D eigenvalue weighted by Crippen LogP contribution is -2.00. The van der Waals surface area contributed by atoms with E-state index in [1.807, 2.05) is 36.4 Å². The summed E-state index contributed by atoms with van der Waals surface area (Å²) in [6, 6.07) is 17.0. The number of hydrogen-bond donors (Lipinski definition) is 1. The van der Waals surface area contributed by atoms with Gasteiger partial charge in [0.05, 0.1) is 22.3 Å². The van der Waals surface area contributed by atoms with Crippen LogP contribution in [-0.4, -0.2) is 11.6 Å². The fourth-order valence-corrected chi connectivity index (χ4v) is 3.81. The molecule has 166 valence electrons. The van der Waals surface area contributed by atoms with E-state index < -0.39 is 0 Å². The van der Waals surface area contributed by atoms with Crippen molar-refractivity contribution in [2.75, 3.05) is 12.3 Å². The number of hydrogen-bond acceptors (Lipinski definition) is 4. The number of pyridine rings is 1. The van der Waals surface area contributed by atoms with Crippen LogP contribution in [0.2, 0.25) is 10.0 Å². The van der Waals surface area contributed by atoms with Gasteiger partial charge in [-0.05, 0) is 42.3 Å². The zero-order valence-electron chi connectivity index (χ0n) is 18.2. The van der Waals surface area contributed by atoms with Gasteiger partial charge in [0.2, 0.25) is 0 Å². The fourth-order valence-electron chi connectivity index (χ4n) is 3.52. The predicted molar refractivity (Wildman–Crippen MR) is 133 cm³/mol. The largest absolute Gasteiger partial charge is 0.494 e. The molecule has 0 aliphatic rings. The number of halogens is 2.